The molecule has 7 heteroatoms. The van der Waals surface area contributed by atoms with Crippen LogP contribution in [0.15, 0.2) is 12.4 Å². The Morgan fingerprint density at radius 1 is 1.53 bits per heavy atom. The van der Waals surface area contributed by atoms with E-state index in [0.717, 1.165) is 6.54 Å². The van der Waals surface area contributed by atoms with E-state index in [0.29, 0.717) is 11.6 Å². The Morgan fingerprint density at radius 3 is 2.79 bits per heavy atom. The number of amides is 2. The molecule has 0 aliphatic rings. The van der Waals surface area contributed by atoms with Crippen LogP contribution < -0.4 is 5.32 Å². The average Bonchev–Trinajstić information content (AvgIpc) is 2.72. The Kier molecular flexibility index (Phi) is 5.35. The molecule has 2 N–H and O–H groups in total. The fourth-order valence-corrected chi connectivity index (χ4v) is 1.49. The van der Waals surface area contributed by atoms with Gasteiger partial charge in [0.2, 0.25) is 0 Å². The summed E-state index contributed by atoms with van der Waals surface area (Å²) in [5.74, 6) is -0.453. The summed E-state index contributed by atoms with van der Waals surface area (Å²) in [5, 5.41) is 15.4. The van der Waals surface area contributed by atoms with Gasteiger partial charge in [0.1, 0.15) is 0 Å². The van der Waals surface area contributed by atoms with Gasteiger partial charge < -0.3 is 15.3 Å². The van der Waals surface area contributed by atoms with E-state index < -0.39 is 5.97 Å². The Labute approximate surface area is 112 Å². The van der Waals surface area contributed by atoms with Gasteiger partial charge in [-0.1, -0.05) is 13.8 Å². The van der Waals surface area contributed by atoms with Crippen molar-refractivity contribution in [3.05, 3.63) is 12.4 Å². The molecule has 7 nitrogen and oxygen atoms in total. The highest BCUT2D eigenvalue weighted by Crippen LogP contribution is 2.08. The van der Waals surface area contributed by atoms with E-state index in [1.165, 1.54) is 4.90 Å². The molecule has 0 unspecified atom stereocenters. The van der Waals surface area contributed by atoms with Crippen molar-refractivity contribution in [2.45, 2.75) is 26.8 Å². The number of rotatable bonds is 6. The second-order valence-corrected chi connectivity index (χ2v) is 4.84. The SMILES string of the molecule is CC(C)Cn1cc(NC(=O)N(C)CCC(=O)O)cn1. The molecule has 0 saturated carbocycles. The number of aliphatic carboxylic acids is 1. The van der Waals surface area contributed by atoms with Gasteiger partial charge in [-0.2, -0.15) is 5.10 Å². The first kappa shape index (κ1) is 15.0. The average molecular weight is 268 g/mol. The number of carboxylic acid groups (broad SMARTS) is 1. The minimum Gasteiger partial charge on any atom is -0.481 e. The van der Waals surface area contributed by atoms with Crippen LogP contribution in [0.25, 0.3) is 0 Å². The number of carbonyl (C=O) groups is 2. The van der Waals surface area contributed by atoms with Crippen LogP contribution >= 0.6 is 0 Å². The Bertz CT molecular complexity index is 442. The molecular weight excluding hydrogens is 248 g/mol. The van der Waals surface area contributed by atoms with E-state index in [9.17, 15) is 9.59 Å². The van der Waals surface area contributed by atoms with E-state index >= 15 is 0 Å². The summed E-state index contributed by atoms with van der Waals surface area (Å²) < 4.78 is 1.76. The summed E-state index contributed by atoms with van der Waals surface area (Å²) in [6.45, 7) is 5.12. The fraction of sp³-hybridized carbons (Fsp3) is 0.583. The molecular formula is C12H20N4O3. The molecule has 19 heavy (non-hydrogen) atoms. The second-order valence-electron chi connectivity index (χ2n) is 4.84. The Hall–Kier alpha value is -2.05. The largest absolute Gasteiger partial charge is 0.481 e. The molecule has 1 aromatic rings. The van der Waals surface area contributed by atoms with Crippen LogP contribution in [0, 0.1) is 5.92 Å². The summed E-state index contributed by atoms with van der Waals surface area (Å²) in [6, 6.07) is -0.342. The van der Waals surface area contributed by atoms with E-state index in [1.807, 2.05) is 0 Å². The first-order chi connectivity index (χ1) is 8.88. The predicted molar refractivity (Wildman–Crippen MR) is 71.0 cm³/mol. The molecule has 106 valence electrons. The summed E-state index contributed by atoms with van der Waals surface area (Å²) in [4.78, 5) is 23.5. The lowest BCUT2D eigenvalue weighted by Crippen LogP contribution is -2.32. The normalized spacial score (nSPS) is 10.5. The molecule has 2 amide bonds. The van der Waals surface area contributed by atoms with Crippen LogP contribution in [-0.4, -0.2) is 45.4 Å². The van der Waals surface area contributed by atoms with Crippen molar-refractivity contribution in [3.8, 4) is 0 Å². The van der Waals surface area contributed by atoms with E-state index in [4.69, 9.17) is 5.11 Å². The topological polar surface area (TPSA) is 87.5 Å². The van der Waals surface area contributed by atoms with Crippen LogP contribution in [0.4, 0.5) is 10.5 Å². The van der Waals surface area contributed by atoms with E-state index in [2.05, 4.69) is 24.3 Å². The Balaban J connectivity index is 2.47. The first-order valence-corrected chi connectivity index (χ1v) is 6.15. The van der Waals surface area contributed by atoms with Gasteiger partial charge in [0.15, 0.2) is 0 Å². The number of aromatic nitrogens is 2. The predicted octanol–water partition coefficient (Wildman–Crippen LogP) is 1.48. The third-order valence-electron chi connectivity index (χ3n) is 2.44. The molecule has 0 spiro atoms. The molecule has 0 aromatic carbocycles. The number of urea groups is 1. The number of carboxylic acids is 1. The highest BCUT2D eigenvalue weighted by atomic mass is 16.4. The molecule has 0 fully saturated rings. The van der Waals surface area contributed by atoms with Gasteiger partial charge in [-0.3, -0.25) is 9.48 Å². The standard InChI is InChI=1S/C12H20N4O3/c1-9(2)7-16-8-10(6-13-16)14-12(19)15(3)5-4-11(17)18/h6,8-9H,4-5,7H2,1-3H3,(H,14,19)(H,17,18). The summed E-state index contributed by atoms with van der Waals surface area (Å²) >= 11 is 0. The van der Waals surface area contributed by atoms with Crippen molar-refractivity contribution in [1.82, 2.24) is 14.7 Å². The summed E-state index contributed by atoms with van der Waals surface area (Å²) in [7, 11) is 1.55. The van der Waals surface area contributed by atoms with Crippen LogP contribution in [0.1, 0.15) is 20.3 Å². The van der Waals surface area contributed by atoms with Crippen LogP contribution in [-0.2, 0) is 11.3 Å². The van der Waals surface area contributed by atoms with Gasteiger partial charge >= 0.3 is 12.0 Å². The third kappa shape index (κ3) is 5.41. The molecule has 0 radical (unpaired) electrons. The quantitative estimate of drug-likeness (QED) is 0.818. The van der Waals surface area contributed by atoms with Gasteiger partial charge in [-0.25, -0.2) is 4.79 Å². The number of hydrogen-bond acceptors (Lipinski definition) is 3. The molecule has 0 aliphatic heterocycles. The van der Waals surface area contributed by atoms with Crippen molar-refractivity contribution < 1.29 is 14.7 Å². The van der Waals surface area contributed by atoms with Gasteiger partial charge in [0.05, 0.1) is 18.3 Å². The van der Waals surface area contributed by atoms with Gasteiger partial charge in [-0.15, -0.1) is 0 Å². The monoisotopic (exact) mass is 268 g/mol. The first-order valence-electron chi connectivity index (χ1n) is 6.15. The fourth-order valence-electron chi connectivity index (χ4n) is 1.49. The number of nitrogens with zero attached hydrogens (tertiary/aromatic N) is 3. The minimum absolute atomic E-state index is 0.0729. The van der Waals surface area contributed by atoms with Crippen molar-refractivity contribution in [2.24, 2.45) is 5.92 Å². The lowest BCUT2D eigenvalue weighted by Gasteiger charge is -2.15. The van der Waals surface area contributed by atoms with Crippen molar-refractivity contribution in [2.75, 3.05) is 18.9 Å². The van der Waals surface area contributed by atoms with Gasteiger partial charge in [0.25, 0.3) is 0 Å². The molecule has 0 aliphatic carbocycles. The molecule has 0 atom stereocenters. The smallest absolute Gasteiger partial charge is 0.321 e. The number of carbonyl (C=O) groups excluding carboxylic acids is 1. The summed E-state index contributed by atoms with van der Waals surface area (Å²) in [6.07, 6.45) is 3.25. The number of nitrogens with one attached hydrogen (secondary N) is 1. The van der Waals surface area contributed by atoms with Crippen molar-refractivity contribution >= 4 is 17.7 Å². The molecule has 1 aromatic heterocycles. The maximum atomic E-state index is 11.7. The molecule has 0 saturated heterocycles. The number of anilines is 1. The van der Waals surface area contributed by atoms with Gasteiger partial charge in [-0.05, 0) is 5.92 Å². The highest BCUT2D eigenvalue weighted by Gasteiger charge is 2.11. The maximum Gasteiger partial charge on any atom is 0.321 e. The lowest BCUT2D eigenvalue weighted by atomic mass is 10.2. The molecule has 1 rings (SSSR count). The van der Waals surface area contributed by atoms with Crippen molar-refractivity contribution in [3.63, 3.8) is 0 Å². The molecule has 1 heterocycles. The lowest BCUT2D eigenvalue weighted by molar-refractivity contribution is -0.137. The second kappa shape index (κ2) is 6.77. The number of hydrogen-bond donors (Lipinski definition) is 2. The summed E-state index contributed by atoms with van der Waals surface area (Å²) in [5.41, 5.74) is 0.604. The Morgan fingerprint density at radius 2 is 2.21 bits per heavy atom. The van der Waals surface area contributed by atoms with Gasteiger partial charge in [0, 0.05) is 26.3 Å². The third-order valence-corrected chi connectivity index (χ3v) is 2.44. The zero-order valence-electron chi connectivity index (χ0n) is 11.5. The zero-order chi connectivity index (χ0) is 14.4. The zero-order valence-corrected chi connectivity index (χ0v) is 11.5. The molecule has 0 bridgehead atoms. The van der Waals surface area contributed by atoms with E-state index in [-0.39, 0.29) is 19.0 Å². The maximum absolute atomic E-state index is 11.7. The highest BCUT2D eigenvalue weighted by molar-refractivity contribution is 5.89. The van der Waals surface area contributed by atoms with Crippen LogP contribution in [0.5, 0.6) is 0 Å². The van der Waals surface area contributed by atoms with Crippen molar-refractivity contribution in [1.29, 1.82) is 0 Å². The van der Waals surface area contributed by atoms with Crippen LogP contribution in [0.3, 0.4) is 0 Å². The van der Waals surface area contributed by atoms with Crippen LogP contribution in [0.2, 0.25) is 0 Å². The van der Waals surface area contributed by atoms with E-state index in [1.54, 1.807) is 24.1 Å². The minimum atomic E-state index is -0.926.